The Labute approximate surface area is 132 Å². The van der Waals surface area contributed by atoms with Gasteiger partial charge in [0.1, 0.15) is 5.82 Å². The van der Waals surface area contributed by atoms with Crippen LogP contribution in [0.1, 0.15) is 43.5 Å². The lowest BCUT2D eigenvalue weighted by atomic mass is 10.1. The number of aromatic nitrogens is 1. The summed E-state index contributed by atoms with van der Waals surface area (Å²) in [5.41, 5.74) is 6.47. The van der Waals surface area contributed by atoms with Crippen molar-refractivity contribution in [1.29, 1.82) is 0 Å². The molecule has 2 heterocycles. The van der Waals surface area contributed by atoms with Crippen LogP contribution < -0.4 is 10.6 Å². The molecule has 0 aliphatic carbocycles. The molecule has 6 heteroatoms. The molecule has 1 aromatic heterocycles. The van der Waals surface area contributed by atoms with Crippen molar-refractivity contribution in [3.63, 3.8) is 0 Å². The summed E-state index contributed by atoms with van der Waals surface area (Å²) in [5, 5.41) is 0. The highest BCUT2D eigenvalue weighted by Gasteiger charge is 2.16. The quantitative estimate of drug-likeness (QED) is 0.868. The monoisotopic (exact) mass is 313 g/mol. The molecule has 21 heavy (non-hydrogen) atoms. The number of nitrogens with two attached hydrogens (primary N) is 1. The molecule has 1 aliphatic heterocycles. The molecule has 2 N–H and O–H groups in total. The van der Waals surface area contributed by atoms with Gasteiger partial charge in [0.15, 0.2) is 0 Å². The molecule has 0 amide bonds. The minimum atomic E-state index is -0.322. The highest BCUT2D eigenvalue weighted by Crippen LogP contribution is 2.17. The second-order valence-electron chi connectivity index (χ2n) is 5.54. The minimum Gasteiger partial charge on any atom is -0.459 e. The normalized spacial score (nSPS) is 18.9. The van der Waals surface area contributed by atoms with Crippen LogP contribution in [0.3, 0.4) is 0 Å². The van der Waals surface area contributed by atoms with Gasteiger partial charge in [-0.3, -0.25) is 0 Å². The summed E-state index contributed by atoms with van der Waals surface area (Å²) >= 11 is 0. The molecule has 0 spiro atoms. The fourth-order valence-electron chi connectivity index (χ4n) is 2.33. The zero-order valence-corrected chi connectivity index (χ0v) is 13.4. The van der Waals surface area contributed by atoms with Gasteiger partial charge in [0, 0.05) is 25.3 Å². The van der Waals surface area contributed by atoms with Crippen LogP contribution in [0.4, 0.5) is 5.82 Å². The van der Waals surface area contributed by atoms with Gasteiger partial charge in [-0.2, -0.15) is 0 Å². The van der Waals surface area contributed by atoms with Gasteiger partial charge in [-0.25, -0.2) is 9.78 Å². The van der Waals surface area contributed by atoms with Crippen molar-refractivity contribution in [1.82, 2.24) is 4.98 Å². The maximum atomic E-state index is 11.7. The highest BCUT2D eigenvalue weighted by atomic mass is 35.5. The first-order chi connectivity index (χ1) is 9.56. The smallest absolute Gasteiger partial charge is 0.339 e. The van der Waals surface area contributed by atoms with E-state index in [1.165, 1.54) is 0 Å². The molecule has 1 fully saturated rings. The number of hydrogen-bond acceptors (Lipinski definition) is 5. The molecule has 1 aliphatic rings. The van der Waals surface area contributed by atoms with Crippen LogP contribution in [0.25, 0.3) is 0 Å². The summed E-state index contributed by atoms with van der Waals surface area (Å²) < 4.78 is 5.15. The average molecular weight is 314 g/mol. The number of pyridine rings is 1. The second kappa shape index (κ2) is 8.20. The zero-order valence-electron chi connectivity index (χ0n) is 12.6. The Hall–Kier alpha value is -1.33. The molecular weight excluding hydrogens is 290 g/mol. The summed E-state index contributed by atoms with van der Waals surface area (Å²) in [5.74, 6) is 0.581. The number of halogens is 1. The fourth-order valence-corrected chi connectivity index (χ4v) is 2.33. The van der Waals surface area contributed by atoms with Crippen molar-refractivity contribution in [2.24, 2.45) is 5.73 Å². The van der Waals surface area contributed by atoms with Crippen molar-refractivity contribution in [3.05, 3.63) is 23.9 Å². The van der Waals surface area contributed by atoms with Crippen LogP contribution in [0.5, 0.6) is 0 Å². The topological polar surface area (TPSA) is 68.5 Å². The molecule has 0 radical (unpaired) electrons. The molecule has 118 valence electrons. The zero-order chi connectivity index (χ0) is 14.5. The van der Waals surface area contributed by atoms with E-state index >= 15 is 0 Å². The molecule has 1 atom stereocenters. The van der Waals surface area contributed by atoms with Crippen molar-refractivity contribution in [2.45, 2.75) is 45.3 Å². The maximum Gasteiger partial charge on any atom is 0.339 e. The Balaban J connectivity index is 0.00000220. The summed E-state index contributed by atoms with van der Waals surface area (Å²) in [6.45, 7) is 5.56. The number of anilines is 1. The number of esters is 1. The maximum absolute atomic E-state index is 11.7. The third-order valence-corrected chi connectivity index (χ3v) is 3.42. The van der Waals surface area contributed by atoms with Gasteiger partial charge in [-0.05, 0) is 45.2 Å². The average Bonchev–Trinajstić information content (AvgIpc) is 2.63. The van der Waals surface area contributed by atoms with Crippen LogP contribution in [0.15, 0.2) is 18.3 Å². The number of rotatable bonds is 3. The first-order valence-electron chi connectivity index (χ1n) is 7.24. The molecule has 0 aromatic carbocycles. The summed E-state index contributed by atoms with van der Waals surface area (Å²) in [6, 6.07) is 3.95. The number of ether oxygens (including phenoxy) is 1. The van der Waals surface area contributed by atoms with E-state index in [2.05, 4.69) is 9.88 Å². The molecule has 1 aromatic rings. The van der Waals surface area contributed by atoms with Gasteiger partial charge < -0.3 is 15.4 Å². The summed E-state index contributed by atoms with van der Waals surface area (Å²) in [6.07, 6.45) is 4.60. The van der Waals surface area contributed by atoms with Crippen molar-refractivity contribution in [2.75, 3.05) is 18.0 Å². The van der Waals surface area contributed by atoms with Gasteiger partial charge in [0.2, 0.25) is 0 Å². The van der Waals surface area contributed by atoms with E-state index in [4.69, 9.17) is 10.5 Å². The van der Waals surface area contributed by atoms with Gasteiger partial charge in [0.25, 0.3) is 0 Å². The van der Waals surface area contributed by atoms with Gasteiger partial charge >= 0.3 is 5.97 Å². The molecular formula is C15H24ClN3O2. The summed E-state index contributed by atoms with van der Waals surface area (Å²) in [4.78, 5) is 18.4. The number of nitrogens with zero attached hydrogens (tertiary/aromatic N) is 2. The standard InChI is InChI=1S/C15H23N3O2.ClH/c1-11(2)20-15(19)12-5-6-14(17-10-12)18-8-3-4-13(16)7-9-18;/h5-6,10-11,13H,3-4,7-9,16H2,1-2H3;1H. The van der Waals surface area contributed by atoms with Crippen LogP contribution in [0.2, 0.25) is 0 Å². The van der Waals surface area contributed by atoms with Gasteiger partial charge in [-0.1, -0.05) is 0 Å². The van der Waals surface area contributed by atoms with E-state index in [0.29, 0.717) is 11.6 Å². The highest BCUT2D eigenvalue weighted by molar-refractivity contribution is 5.89. The van der Waals surface area contributed by atoms with E-state index in [1.807, 2.05) is 19.9 Å². The van der Waals surface area contributed by atoms with Crippen LogP contribution >= 0.6 is 12.4 Å². The van der Waals surface area contributed by atoms with Crippen LogP contribution in [-0.4, -0.2) is 36.2 Å². The molecule has 0 bridgehead atoms. The lowest BCUT2D eigenvalue weighted by molar-refractivity contribution is 0.0377. The van der Waals surface area contributed by atoms with Crippen molar-refractivity contribution in [3.8, 4) is 0 Å². The Morgan fingerprint density at radius 3 is 2.76 bits per heavy atom. The lowest BCUT2D eigenvalue weighted by Gasteiger charge is -2.21. The largest absolute Gasteiger partial charge is 0.459 e. The third-order valence-electron chi connectivity index (χ3n) is 3.42. The van der Waals surface area contributed by atoms with Crippen molar-refractivity contribution >= 4 is 24.2 Å². The van der Waals surface area contributed by atoms with Crippen LogP contribution in [0, 0.1) is 0 Å². The van der Waals surface area contributed by atoms with E-state index < -0.39 is 0 Å². The summed E-state index contributed by atoms with van der Waals surface area (Å²) in [7, 11) is 0. The van der Waals surface area contributed by atoms with E-state index in [9.17, 15) is 4.79 Å². The first-order valence-corrected chi connectivity index (χ1v) is 7.24. The molecule has 0 saturated carbocycles. The van der Waals surface area contributed by atoms with Gasteiger partial charge in [-0.15, -0.1) is 12.4 Å². The SMILES string of the molecule is CC(C)OC(=O)c1ccc(N2CCCC(N)CC2)nc1.Cl. The fraction of sp³-hybridized carbons (Fsp3) is 0.600. The van der Waals surface area contributed by atoms with E-state index in [1.54, 1.807) is 12.3 Å². The second-order valence-corrected chi connectivity index (χ2v) is 5.54. The Kier molecular flexibility index (Phi) is 6.92. The Morgan fingerprint density at radius 2 is 2.14 bits per heavy atom. The van der Waals surface area contributed by atoms with E-state index in [0.717, 1.165) is 38.2 Å². The van der Waals surface area contributed by atoms with Crippen LogP contribution in [-0.2, 0) is 4.74 Å². The predicted octanol–water partition coefficient (Wildman–Crippen LogP) is 2.39. The van der Waals surface area contributed by atoms with Gasteiger partial charge in [0.05, 0.1) is 11.7 Å². The lowest BCUT2D eigenvalue weighted by Crippen LogP contribution is -2.27. The minimum absolute atomic E-state index is 0. The first kappa shape index (κ1) is 17.7. The third kappa shape index (κ3) is 5.17. The molecule has 1 unspecified atom stereocenters. The molecule has 1 saturated heterocycles. The number of carbonyl (C=O) groups is 1. The molecule has 2 rings (SSSR count). The molecule has 5 nitrogen and oxygen atoms in total. The number of carbonyl (C=O) groups excluding carboxylic acids is 1. The predicted molar refractivity (Wildman–Crippen MR) is 86.1 cm³/mol. The number of hydrogen-bond donors (Lipinski definition) is 1. The Bertz CT molecular complexity index is 451. The Morgan fingerprint density at radius 1 is 1.38 bits per heavy atom. The van der Waals surface area contributed by atoms with E-state index in [-0.39, 0.29) is 24.5 Å². The van der Waals surface area contributed by atoms with Crippen molar-refractivity contribution < 1.29 is 9.53 Å².